The number of nitrogens with zero attached hydrogens (tertiary/aromatic N) is 1. The van der Waals surface area contributed by atoms with Gasteiger partial charge in [-0.15, -0.1) is 0 Å². The maximum absolute atomic E-state index is 13.8. The molecule has 1 aliphatic carbocycles. The van der Waals surface area contributed by atoms with E-state index in [1.54, 1.807) is 12.3 Å². The van der Waals surface area contributed by atoms with Crippen LogP contribution in [-0.4, -0.2) is 4.98 Å². The summed E-state index contributed by atoms with van der Waals surface area (Å²) < 4.78 is 13.8. The lowest BCUT2D eigenvalue weighted by Crippen LogP contribution is -2.13. The van der Waals surface area contributed by atoms with Crippen LogP contribution in [-0.2, 0) is 0 Å². The average molecular weight is 257 g/mol. The molecule has 100 valence electrons. The molecule has 0 saturated heterocycles. The molecule has 1 aliphatic rings. The van der Waals surface area contributed by atoms with E-state index >= 15 is 0 Å². The van der Waals surface area contributed by atoms with Crippen LogP contribution in [0.15, 0.2) is 30.5 Å². The van der Waals surface area contributed by atoms with Crippen molar-refractivity contribution >= 4 is 10.9 Å². The summed E-state index contributed by atoms with van der Waals surface area (Å²) in [5.74, 6) is 1.26. The van der Waals surface area contributed by atoms with Gasteiger partial charge in [0.25, 0.3) is 0 Å². The molecule has 1 aromatic heterocycles. The van der Waals surface area contributed by atoms with Crippen molar-refractivity contribution in [3.8, 4) is 0 Å². The molecule has 1 nitrogen and oxygen atoms in total. The van der Waals surface area contributed by atoms with E-state index < -0.39 is 0 Å². The summed E-state index contributed by atoms with van der Waals surface area (Å²) in [6, 6.07) is 7.37. The first-order chi connectivity index (χ1) is 9.29. The van der Waals surface area contributed by atoms with Gasteiger partial charge in [-0.05, 0) is 55.2 Å². The summed E-state index contributed by atoms with van der Waals surface area (Å²) in [5, 5.41) is 1.00. The van der Waals surface area contributed by atoms with E-state index in [1.165, 1.54) is 43.7 Å². The third-order valence-electron chi connectivity index (χ3n) is 4.62. The highest BCUT2D eigenvalue weighted by Gasteiger charge is 2.23. The van der Waals surface area contributed by atoms with Gasteiger partial charge in [-0.3, -0.25) is 4.98 Å². The number of rotatable bonds is 2. The third kappa shape index (κ3) is 2.36. The van der Waals surface area contributed by atoms with Gasteiger partial charge in [0, 0.05) is 11.6 Å². The number of hydrogen-bond acceptors (Lipinski definition) is 1. The Kier molecular flexibility index (Phi) is 3.50. The minimum absolute atomic E-state index is 0.207. The molecule has 1 fully saturated rings. The minimum atomic E-state index is -0.207. The number of aromatic nitrogens is 1. The van der Waals surface area contributed by atoms with Gasteiger partial charge < -0.3 is 0 Å². The molecule has 0 atom stereocenters. The molecule has 2 aromatic rings. The Bertz CT molecular complexity index is 570. The standard InChI is InChI=1S/C17H20FN/c1-2-12-6-8-13(9-7-12)14-10-11-19-17-15(14)4-3-5-16(17)18/h3-5,10-13H,2,6-9H2,1H3. The second-order valence-corrected chi connectivity index (χ2v) is 5.66. The van der Waals surface area contributed by atoms with Gasteiger partial charge in [-0.2, -0.15) is 0 Å². The topological polar surface area (TPSA) is 12.9 Å². The van der Waals surface area contributed by atoms with E-state index in [0.29, 0.717) is 11.4 Å². The van der Waals surface area contributed by atoms with E-state index in [2.05, 4.69) is 18.0 Å². The summed E-state index contributed by atoms with van der Waals surface area (Å²) in [4.78, 5) is 4.19. The fourth-order valence-electron chi connectivity index (χ4n) is 3.40. The van der Waals surface area contributed by atoms with Crippen molar-refractivity contribution in [2.75, 3.05) is 0 Å². The van der Waals surface area contributed by atoms with Crippen LogP contribution in [0.4, 0.5) is 4.39 Å². The molecule has 1 aromatic carbocycles. The Balaban J connectivity index is 1.95. The van der Waals surface area contributed by atoms with Crippen LogP contribution in [0.5, 0.6) is 0 Å². The van der Waals surface area contributed by atoms with E-state index in [4.69, 9.17) is 0 Å². The number of para-hydroxylation sites is 1. The number of halogens is 1. The van der Waals surface area contributed by atoms with E-state index in [0.717, 1.165) is 11.3 Å². The SMILES string of the molecule is CCC1CCC(c2ccnc3c(F)cccc23)CC1. The molecule has 0 spiro atoms. The highest BCUT2D eigenvalue weighted by atomic mass is 19.1. The van der Waals surface area contributed by atoms with E-state index in [1.807, 2.05) is 6.07 Å². The second kappa shape index (κ2) is 5.28. The lowest BCUT2D eigenvalue weighted by atomic mass is 9.77. The third-order valence-corrected chi connectivity index (χ3v) is 4.62. The average Bonchev–Trinajstić information content (AvgIpc) is 2.47. The number of benzene rings is 1. The molecule has 0 amide bonds. The van der Waals surface area contributed by atoms with Gasteiger partial charge in [0.05, 0.1) is 0 Å². The van der Waals surface area contributed by atoms with Crippen molar-refractivity contribution in [2.45, 2.75) is 44.9 Å². The molecule has 0 unspecified atom stereocenters. The summed E-state index contributed by atoms with van der Waals surface area (Å²) >= 11 is 0. The monoisotopic (exact) mass is 257 g/mol. The maximum atomic E-state index is 13.8. The molecular formula is C17H20FN. The molecule has 0 radical (unpaired) electrons. The van der Waals surface area contributed by atoms with Crippen molar-refractivity contribution in [3.05, 3.63) is 41.8 Å². The van der Waals surface area contributed by atoms with Gasteiger partial charge in [0.1, 0.15) is 11.3 Å². The number of pyridine rings is 1. The van der Waals surface area contributed by atoms with Gasteiger partial charge in [0.2, 0.25) is 0 Å². The van der Waals surface area contributed by atoms with Gasteiger partial charge >= 0.3 is 0 Å². The van der Waals surface area contributed by atoms with Crippen LogP contribution in [0.3, 0.4) is 0 Å². The Labute approximate surface area is 113 Å². The Hall–Kier alpha value is -1.44. The van der Waals surface area contributed by atoms with Crippen molar-refractivity contribution in [1.29, 1.82) is 0 Å². The van der Waals surface area contributed by atoms with E-state index in [9.17, 15) is 4.39 Å². The van der Waals surface area contributed by atoms with E-state index in [-0.39, 0.29) is 5.82 Å². The fourth-order valence-corrected chi connectivity index (χ4v) is 3.40. The van der Waals surface area contributed by atoms with Gasteiger partial charge in [0.15, 0.2) is 0 Å². The summed E-state index contributed by atoms with van der Waals surface area (Å²) in [5.41, 5.74) is 1.82. The van der Waals surface area contributed by atoms with Gasteiger partial charge in [-0.1, -0.05) is 25.5 Å². The molecule has 0 bridgehead atoms. The van der Waals surface area contributed by atoms with Crippen LogP contribution in [0, 0.1) is 11.7 Å². The first kappa shape index (κ1) is 12.6. The minimum Gasteiger partial charge on any atom is -0.253 e. The molecule has 19 heavy (non-hydrogen) atoms. The fraction of sp³-hybridized carbons (Fsp3) is 0.471. The first-order valence-electron chi connectivity index (χ1n) is 7.32. The van der Waals surface area contributed by atoms with Crippen molar-refractivity contribution in [3.63, 3.8) is 0 Å². The maximum Gasteiger partial charge on any atom is 0.149 e. The Morgan fingerprint density at radius 3 is 2.68 bits per heavy atom. The molecule has 1 heterocycles. The predicted octanol–water partition coefficient (Wildman–Crippen LogP) is 5.06. The Morgan fingerprint density at radius 1 is 1.16 bits per heavy atom. The smallest absolute Gasteiger partial charge is 0.149 e. The zero-order valence-corrected chi connectivity index (χ0v) is 11.4. The van der Waals surface area contributed by atoms with Crippen LogP contribution < -0.4 is 0 Å². The molecule has 0 N–H and O–H groups in total. The summed E-state index contributed by atoms with van der Waals surface area (Å²) in [6.45, 7) is 2.28. The van der Waals surface area contributed by atoms with Crippen LogP contribution in [0.2, 0.25) is 0 Å². The van der Waals surface area contributed by atoms with Gasteiger partial charge in [-0.25, -0.2) is 4.39 Å². The zero-order valence-electron chi connectivity index (χ0n) is 11.4. The summed E-state index contributed by atoms with van der Waals surface area (Å²) in [6.07, 6.45) is 8.12. The molecular weight excluding hydrogens is 237 g/mol. The lowest BCUT2D eigenvalue weighted by molar-refractivity contribution is 0.319. The highest BCUT2D eigenvalue weighted by Crippen LogP contribution is 2.39. The zero-order chi connectivity index (χ0) is 13.2. The van der Waals surface area contributed by atoms with Crippen molar-refractivity contribution in [2.24, 2.45) is 5.92 Å². The van der Waals surface area contributed by atoms with Crippen LogP contribution in [0.25, 0.3) is 10.9 Å². The van der Waals surface area contributed by atoms with Crippen molar-refractivity contribution < 1.29 is 4.39 Å². The largest absolute Gasteiger partial charge is 0.253 e. The molecule has 2 heteroatoms. The summed E-state index contributed by atoms with van der Waals surface area (Å²) in [7, 11) is 0. The first-order valence-corrected chi connectivity index (χ1v) is 7.32. The van der Waals surface area contributed by atoms with Crippen LogP contribution >= 0.6 is 0 Å². The molecule has 0 aliphatic heterocycles. The quantitative estimate of drug-likeness (QED) is 0.733. The Morgan fingerprint density at radius 2 is 1.95 bits per heavy atom. The number of hydrogen-bond donors (Lipinski definition) is 0. The second-order valence-electron chi connectivity index (χ2n) is 5.66. The predicted molar refractivity (Wildman–Crippen MR) is 76.7 cm³/mol. The molecule has 1 saturated carbocycles. The molecule has 3 rings (SSSR count). The lowest BCUT2D eigenvalue weighted by Gasteiger charge is -2.28. The normalized spacial score (nSPS) is 23.7. The van der Waals surface area contributed by atoms with Crippen molar-refractivity contribution in [1.82, 2.24) is 4.98 Å². The highest BCUT2D eigenvalue weighted by molar-refractivity contribution is 5.83. The number of fused-ring (bicyclic) bond motifs is 1. The van der Waals surface area contributed by atoms with Crippen LogP contribution in [0.1, 0.15) is 50.5 Å².